The Bertz CT molecular complexity index is 346. The molecule has 90 valence electrons. The average Bonchev–Trinajstić information content (AvgIpc) is 2.27. The highest BCUT2D eigenvalue weighted by Crippen LogP contribution is 2.21. The predicted octanol–water partition coefficient (Wildman–Crippen LogP) is 1.61. The lowest BCUT2D eigenvalue weighted by Crippen LogP contribution is -2.31. The summed E-state index contributed by atoms with van der Waals surface area (Å²) in [5.74, 6) is 1.11. The fraction of sp³-hybridized carbons (Fsp3) is 0.600. The highest BCUT2D eigenvalue weighted by molar-refractivity contribution is 9.10. The Labute approximate surface area is 104 Å². The van der Waals surface area contributed by atoms with Gasteiger partial charge >= 0.3 is 0 Å². The number of hydrogen-bond acceptors (Lipinski definition) is 5. The van der Waals surface area contributed by atoms with Gasteiger partial charge in [0.15, 0.2) is 0 Å². The van der Waals surface area contributed by atoms with Crippen molar-refractivity contribution < 1.29 is 4.74 Å². The van der Waals surface area contributed by atoms with Gasteiger partial charge in [0.2, 0.25) is 11.8 Å². The van der Waals surface area contributed by atoms with Crippen LogP contribution in [0.25, 0.3) is 0 Å². The number of hydrogen-bond donors (Lipinski definition) is 1. The number of methoxy groups -OCH3 is 1. The van der Waals surface area contributed by atoms with E-state index in [-0.39, 0.29) is 0 Å². The van der Waals surface area contributed by atoms with Crippen molar-refractivity contribution in [3.8, 4) is 5.88 Å². The van der Waals surface area contributed by atoms with E-state index in [0.717, 1.165) is 11.0 Å². The number of aromatic nitrogens is 2. The Kier molecular flexibility index (Phi) is 4.95. The lowest BCUT2D eigenvalue weighted by Gasteiger charge is -2.19. The second-order valence-electron chi connectivity index (χ2n) is 3.74. The standard InChI is InChI=1S/C10H17BrN4O/c1-7(15(2)3)5-12-10-13-6-8(11)9(14-10)16-4/h6-7H,5H2,1-4H3,(H,12,13,14). The normalized spacial score (nSPS) is 12.6. The van der Waals surface area contributed by atoms with Crippen molar-refractivity contribution in [2.75, 3.05) is 33.1 Å². The SMILES string of the molecule is COc1nc(NCC(C)N(C)C)ncc1Br. The monoisotopic (exact) mass is 288 g/mol. The summed E-state index contributed by atoms with van der Waals surface area (Å²) in [5.41, 5.74) is 0. The molecule has 6 heteroatoms. The van der Waals surface area contributed by atoms with E-state index in [1.165, 1.54) is 0 Å². The van der Waals surface area contributed by atoms with Crippen LogP contribution in [0.4, 0.5) is 5.95 Å². The maximum absolute atomic E-state index is 5.09. The third-order valence-corrected chi connectivity index (χ3v) is 2.89. The Morgan fingerprint density at radius 2 is 2.25 bits per heavy atom. The summed E-state index contributed by atoms with van der Waals surface area (Å²) in [7, 11) is 5.66. The molecule has 0 aliphatic heterocycles. The van der Waals surface area contributed by atoms with Gasteiger partial charge in [-0.1, -0.05) is 0 Å². The molecule has 0 saturated heterocycles. The van der Waals surface area contributed by atoms with Crippen molar-refractivity contribution in [2.24, 2.45) is 0 Å². The number of anilines is 1. The molecule has 1 aromatic heterocycles. The average molecular weight is 289 g/mol. The van der Waals surface area contributed by atoms with Crippen molar-refractivity contribution in [3.63, 3.8) is 0 Å². The van der Waals surface area contributed by atoms with Gasteiger partial charge in [-0.15, -0.1) is 0 Å². The number of halogens is 1. The molecule has 16 heavy (non-hydrogen) atoms. The van der Waals surface area contributed by atoms with Crippen LogP contribution in [0.1, 0.15) is 6.92 Å². The molecule has 1 rings (SSSR count). The van der Waals surface area contributed by atoms with Crippen LogP contribution >= 0.6 is 15.9 Å². The Balaban J connectivity index is 2.61. The molecule has 0 bridgehead atoms. The summed E-state index contributed by atoms with van der Waals surface area (Å²) in [5, 5.41) is 3.16. The second-order valence-corrected chi connectivity index (χ2v) is 4.60. The number of likely N-dealkylation sites (N-methyl/N-ethyl adjacent to an activating group) is 1. The van der Waals surface area contributed by atoms with Crippen molar-refractivity contribution in [1.29, 1.82) is 0 Å². The van der Waals surface area contributed by atoms with Crippen LogP contribution in [-0.4, -0.2) is 48.7 Å². The van der Waals surface area contributed by atoms with Crippen molar-refractivity contribution in [2.45, 2.75) is 13.0 Å². The van der Waals surface area contributed by atoms with Crippen molar-refractivity contribution in [3.05, 3.63) is 10.7 Å². The molecule has 1 N–H and O–H groups in total. The van der Waals surface area contributed by atoms with Crippen LogP contribution in [0.5, 0.6) is 5.88 Å². The molecular formula is C10H17BrN4O. The number of rotatable bonds is 5. The van der Waals surface area contributed by atoms with Gasteiger partial charge in [-0.05, 0) is 36.9 Å². The summed E-state index contributed by atoms with van der Waals surface area (Å²) in [6, 6.07) is 0.415. The first-order chi connectivity index (χ1) is 7.54. The Hall–Kier alpha value is -0.880. The number of nitrogens with one attached hydrogen (secondary N) is 1. The molecule has 0 radical (unpaired) electrons. The second kappa shape index (κ2) is 6.00. The zero-order chi connectivity index (χ0) is 12.1. The van der Waals surface area contributed by atoms with E-state index in [9.17, 15) is 0 Å². The topological polar surface area (TPSA) is 50.3 Å². The summed E-state index contributed by atoms with van der Waals surface area (Å²) in [6.45, 7) is 2.92. The molecule has 1 aromatic rings. The van der Waals surface area contributed by atoms with Gasteiger partial charge in [0.25, 0.3) is 0 Å². The molecule has 1 unspecified atom stereocenters. The molecule has 0 aliphatic carbocycles. The van der Waals surface area contributed by atoms with Crippen LogP contribution in [0.15, 0.2) is 10.7 Å². The fourth-order valence-corrected chi connectivity index (χ4v) is 1.35. The van der Waals surface area contributed by atoms with Gasteiger partial charge in [0.05, 0.1) is 17.8 Å². The van der Waals surface area contributed by atoms with Crippen LogP contribution in [0.2, 0.25) is 0 Å². The zero-order valence-electron chi connectivity index (χ0n) is 9.99. The quantitative estimate of drug-likeness (QED) is 0.892. The van der Waals surface area contributed by atoms with Crippen LogP contribution < -0.4 is 10.1 Å². The Morgan fingerprint density at radius 3 is 2.81 bits per heavy atom. The molecule has 0 amide bonds. The summed E-state index contributed by atoms with van der Waals surface area (Å²) in [6.07, 6.45) is 1.68. The molecule has 1 heterocycles. The van der Waals surface area contributed by atoms with E-state index >= 15 is 0 Å². The first-order valence-corrected chi connectivity index (χ1v) is 5.80. The van der Waals surface area contributed by atoms with Crippen molar-refractivity contribution in [1.82, 2.24) is 14.9 Å². The third-order valence-electron chi connectivity index (χ3n) is 2.34. The summed E-state index contributed by atoms with van der Waals surface area (Å²) < 4.78 is 5.84. The zero-order valence-corrected chi connectivity index (χ0v) is 11.6. The van der Waals surface area contributed by atoms with Gasteiger partial charge in [-0.2, -0.15) is 4.98 Å². The minimum Gasteiger partial charge on any atom is -0.480 e. The maximum atomic E-state index is 5.09. The molecule has 0 saturated carbocycles. The van der Waals surface area contributed by atoms with E-state index in [2.05, 4.69) is 43.0 Å². The molecule has 1 atom stereocenters. The molecule has 0 aliphatic rings. The highest BCUT2D eigenvalue weighted by atomic mass is 79.9. The molecule has 0 aromatic carbocycles. The summed E-state index contributed by atoms with van der Waals surface area (Å²) in [4.78, 5) is 10.5. The Morgan fingerprint density at radius 1 is 1.56 bits per heavy atom. The maximum Gasteiger partial charge on any atom is 0.232 e. The lowest BCUT2D eigenvalue weighted by atomic mass is 10.3. The minimum absolute atomic E-state index is 0.415. The third kappa shape index (κ3) is 3.61. The number of nitrogens with zero attached hydrogens (tertiary/aromatic N) is 3. The summed E-state index contributed by atoms with van der Waals surface area (Å²) >= 11 is 3.31. The predicted molar refractivity (Wildman–Crippen MR) is 67.9 cm³/mol. The fourth-order valence-electron chi connectivity index (χ4n) is 1.00. The van der Waals surface area contributed by atoms with Gasteiger partial charge < -0.3 is 15.0 Å². The first kappa shape index (κ1) is 13.2. The largest absolute Gasteiger partial charge is 0.480 e. The van der Waals surface area contributed by atoms with Gasteiger partial charge in [0, 0.05) is 12.6 Å². The first-order valence-electron chi connectivity index (χ1n) is 5.01. The van der Waals surface area contributed by atoms with Gasteiger partial charge in [-0.3, -0.25) is 0 Å². The molecule has 0 spiro atoms. The van der Waals surface area contributed by atoms with Crippen LogP contribution in [-0.2, 0) is 0 Å². The van der Waals surface area contributed by atoms with E-state index in [4.69, 9.17) is 4.74 Å². The van der Waals surface area contributed by atoms with E-state index in [1.54, 1.807) is 13.3 Å². The molecule has 0 fully saturated rings. The van der Waals surface area contributed by atoms with E-state index in [1.807, 2.05) is 14.1 Å². The van der Waals surface area contributed by atoms with Gasteiger partial charge in [0.1, 0.15) is 0 Å². The molecule has 5 nitrogen and oxygen atoms in total. The van der Waals surface area contributed by atoms with Crippen LogP contribution in [0, 0.1) is 0 Å². The van der Waals surface area contributed by atoms with Crippen LogP contribution in [0.3, 0.4) is 0 Å². The highest BCUT2D eigenvalue weighted by Gasteiger charge is 2.07. The smallest absolute Gasteiger partial charge is 0.232 e. The molecular weight excluding hydrogens is 272 g/mol. The van der Waals surface area contributed by atoms with E-state index < -0.39 is 0 Å². The minimum atomic E-state index is 0.415. The van der Waals surface area contributed by atoms with E-state index in [0.29, 0.717) is 17.9 Å². The number of ether oxygens (including phenoxy) is 1. The van der Waals surface area contributed by atoms with Gasteiger partial charge in [-0.25, -0.2) is 4.98 Å². The lowest BCUT2D eigenvalue weighted by molar-refractivity contribution is 0.325. The van der Waals surface area contributed by atoms with Crippen molar-refractivity contribution >= 4 is 21.9 Å².